The third kappa shape index (κ3) is 2.58. The summed E-state index contributed by atoms with van der Waals surface area (Å²) in [5.74, 6) is 1.70. The summed E-state index contributed by atoms with van der Waals surface area (Å²) in [5, 5.41) is 0. The Bertz CT molecular complexity index is 438. The van der Waals surface area contributed by atoms with Gasteiger partial charge in [0.1, 0.15) is 0 Å². The molecule has 1 aromatic carbocycles. The minimum atomic E-state index is -0.225. The zero-order chi connectivity index (χ0) is 12.6. The topological polar surface area (TPSA) is 44.5 Å². The lowest BCUT2D eigenvalue weighted by Gasteiger charge is -2.21. The Hall–Kier alpha value is -0.740. The van der Waals surface area contributed by atoms with Crippen molar-refractivity contribution in [3.8, 4) is 11.5 Å². The van der Waals surface area contributed by atoms with Gasteiger partial charge in [-0.25, -0.2) is 0 Å². The number of nitrogens with two attached hydrogens (primary N) is 1. The number of hydrogen-bond donors (Lipinski definition) is 1. The molecule has 0 fully saturated rings. The third-order valence-corrected chi connectivity index (χ3v) is 3.38. The van der Waals surface area contributed by atoms with Gasteiger partial charge in [0, 0.05) is 11.1 Å². The van der Waals surface area contributed by atoms with E-state index >= 15 is 0 Å². The van der Waals surface area contributed by atoms with Gasteiger partial charge in [-0.15, -0.1) is 0 Å². The van der Waals surface area contributed by atoms with E-state index in [-0.39, 0.29) is 5.54 Å². The SMILES string of the molecule is CCc1c(CC(C)(C)N)cc(Br)c2c1OCO2. The minimum Gasteiger partial charge on any atom is -0.453 e. The number of fused-ring (bicyclic) bond motifs is 1. The van der Waals surface area contributed by atoms with Crippen LogP contribution in [0.15, 0.2) is 10.5 Å². The van der Waals surface area contributed by atoms with E-state index < -0.39 is 0 Å². The number of hydrogen-bond acceptors (Lipinski definition) is 3. The van der Waals surface area contributed by atoms with Crippen molar-refractivity contribution < 1.29 is 9.47 Å². The van der Waals surface area contributed by atoms with Crippen molar-refractivity contribution in [1.82, 2.24) is 0 Å². The smallest absolute Gasteiger partial charge is 0.231 e. The molecule has 0 saturated carbocycles. The molecule has 0 aromatic heterocycles. The Balaban J connectivity index is 2.49. The molecule has 0 saturated heterocycles. The highest BCUT2D eigenvalue weighted by atomic mass is 79.9. The first kappa shape index (κ1) is 12.7. The van der Waals surface area contributed by atoms with Crippen LogP contribution in [-0.4, -0.2) is 12.3 Å². The summed E-state index contributed by atoms with van der Waals surface area (Å²) in [6.07, 6.45) is 1.75. The van der Waals surface area contributed by atoms with Crippen LogP contribution in [0.2, 0.25) is 0 Å². The molecule has 1 aliphatic heterocycles. The maximum atomic E-state index is 6.10. The summed E-state index contributed by atoms with van der Waals surface area (Å²) in [5.41, 5.74) is 8.31. The average molecular weight is 300 g/mol. The van der Waals surface area contributed by atoms with Crippen LogP contribution in [0.25, 0.3) is 0 Å². The molecule has 0 bridgehead atoms. The van der Waals surface area contributed by atoms with Gasteiger partial charge in [0.05, 0.1) is 4.47 Å². The predicted molar refractivity (Wildman–Crippen MR) is 71.6 cm³/mol. The molecule has 1 aromatic rings. The molecule has 17 heavy (non-hydrogen) atoms. The minimum absolute atomic E-state index is 0.225. The number of ether oxygens (including phenoxy) is 2. The van der Waals surface area contributed by atoms with Crippen molar-refractivity contribution >= 4 is 15.9 Å². The van der Waals surface area contributed by atoms with Crippen LogP contribution in [0.3, 0.4) is 0 Å². The summed E-state index contributed by atoms with van der Waals surface area (Å²) in [4.78, 5) is 0. The fourth-order valence-corrected chi connectivity index (χ4v) is 2.74. The van der Waals surface area contributed by atoms with Crippen LogP contribution >= 0.6 is 15.9 Å². The second-order valence-corrected chi connectivity index (χ2v) is 5.93. The second-order valence-electron chi connectivity index (χ2n) is 5.08. The monoisotopic (exact) mass is 299 g/mol. The fourth-order valence-electron chi connectivity index (χ4n) is 2.17. The molecule has 0 amide bonds. The normalized spacial score (nSPS) is 14.2. The van der Waals surface area contributed by atoms with E-state index in [1.807, 2.05) is 13.8 Å². The summed E-state index contributed by atoms with van der Waals surface area (Å²) < 4.78 is 12.0. The first-order valence-corrected chi connectivity index (χ1v) is 6.60. The van der Waals surface area contributed by atoms with Gasteiger partial charge in [-0.05, 0) is 54.2 Å². The van der Waals surface area contributed by atoms with Crippen molar-refractivity contribution in [1.29, 1.82) is 0 Å². The van der Waals surface area contributed by atoms with E-state index in [4.69, 9.17) is 15.2 Å². The van der Waals surface area contributed by atoms with Gasteiger partial charge in [0.25, 0.3) is 0 Å². The van der Waals surface area contributed by atoms with Crippen LogP contribution in [0.4, 0.5) is 0 Å². The lowest BCUT2D eigenvalue weighted by Crippen LogP contribution is -2.34. The van der Waals surface area contributed by atoms with Gasteiger partial charge in [-0.1, -0.05) is 6.92 Å². The van der Waals surface area contributed by atoms with Gasteiger partial charge >= 0.3 is 0 Å². The van der Waals surface area contributed by atoms with Crippen LogP contribution in [0.5, 0.6) is 11.5 Å². The first-order chi connectivity index (χ1) is 7.92. The number of halogens is 1. The van der Waals surface area contributed by atoms with E-state index in [0.29, 0.717) is 6.79 Å². The number of benzene rings is 1. The maximum absolute atomic E-state index is 6.10. The second kappa shape index (κ2) is 4.50. The molecule has 1 aliphatic rings. The summed E-state index contributed by atoms with van der Waals surface area (Å²) in [6, 6.07) is 2.10. The van der Waals surface area contributed by atoms with E-state index in [0.717, 1.165) is 28.8 Å². The van der Waals surface area contributed by atoms with Gasteiger partial charge in [0.2, 0.25) is 6.79 Å². The predicted octanol–water partition coefficient (Wildman–Crippen LogP) is 3.02. The largest absolute Gasteiger partial charge is 0.453 e. The van der Waals surface area contributed by atoms with Gasteiger partial charge in [0.15, 0.2) is 11.5 Å². The average Bonchev–Trinajstić information content (AvgIpc) is 2.64. The standard InChI is InChI=1S/C13H18BrNO2/c1-4-9-8(6-13(2,3)15)5-10(14)12-11(9)16-7-17-12/h5H,4,6-7,15H2,1-3H3. The molecule has 0 aliphatic carbocycles. The highest BCUT2D eigenvalue weighted by Crippen LogP contribution is 2.44. The van der Waals surface area contributed by atoms with Crippen molar-refractivity contribution in [2.45, 2.75) is 39.2 Å². The van der Waals surface area contributed by atoms with Crippen molar-refractivity contribution in [3.05, 3.63) is 21.7 Å². The molecule has 0 spiro atoms. The molecule has 1 heterocycles. The molecule has 3 nitrogen and oxygen atoms in total. The lowest BCUT2D eigenvalue weighted by atomic mass is 9.91. The van der Waals surface area contributed by atoms with Gasteiger partial charge < -0.3 is 15.2 Å². The molecule has 4 heteroatoms. The summed E-state index contributed by atoms with van der Waals surface area (Å²) >= 11 is 3.52. The Labute approximate surface area is 110 Å². The molecule has 0 atom stereocenters. The van der Waals surface area contributed by atoms with Gasteiger partial charge in [-0.2, -0.15) is 0 Å². The van der Waals surface area contributed by atoms with Gasteiger partial charge in [-0.3, -0.25) is 0 Å². The van der Waals surface area contributed by atoms with Crippen LogP contribution in [0, 0.1) is 0 Å². The Morgan fingerprint density at radius 1 is 1.35 bits per heavy atom. The Kier molecular flexibility index (Phi) is 3.36. The zero-order valence-corrected chi connectivity index (χ0v) is 12.1. The highest BCUT2D eigenvalue weighted by Gasteiger charge is 2.25. The van der Waals surface area contributed by atoms with Crippen LogP contribution in [0.1, 0.15) is 31.9 Å². The summed E-state index contributed by atoms with van der Waals surface area (Å²) in [7, 11) is 0. The van der Waals surface area contributed by atoms with E-state index in [1.165, 1.54) is 11.1 Å². The molecular weight excluding hydrogens is 282 g/mol. The first-order valence-electron chi connectivity index (χ1n) is 5.81. The van der Waals surface area contributed by atoms with E-state index in [1.54, 1.807) is 0 Å². The molecule has 2 rings (SSSR count). The fraction of sp³-hybridized carbons (Fsp3) is 0.538. The van der Waals surface area contributed by atoms with Crippen molar-refractivity contribution in [2.24, 2.45) is 5.73 Å². The van der Waals surface area contributed by atoms with Crippen LogP contribution < -0.4 is 15.2 Å². The number of rotatable bonds is 3. The quantitative estimate of drug-likeness (QED) is 0.933. The Morgan fingerprint density at radius 3 is 2.59 bits per heavy atom. The maximum Gasteiger partial charge on any atom is 0.231 e. The van der Waals surface area contributed by atoms with E-state index in [2.05, 4.69) is 28.9 Å². The molecule has 0 radical (unpaired) electrons. The zero-order valence-electron chi connectivity index (χ0n) is 10.5. The summed E-state index contributed by atoms with van der Waals surface area (Å²) in [6.45, 7) is 6.49. The molecule has 94 valence electrons. The van der Waals surface area contributed by atoms with Crippen LogP contribution in [-0.2, 0) is 12.8 Å². The molecular formula is C13H18BrNO2. The third-order valence-electron chi connectivity index (χ3n) is 2.79. The highest BCUT2D eigenvalue weighted by molar-refractivity contribution is 9.10. The van der Waals surface area contributed by atoms with Crippen molar-refractivity contribution in [3.63, 3.8) is 0 Å². The Morgan fingerprint density at radius 2 is 2.00 bits per heavy atom. The lowest BCUT2D eigenvalue weighted by molar-refractivity contribution is 0.173. The van der Waals surface area contributed by atoms with E-state index in [9.17, 15) is 0 Å². The molecule has 0 unspecified atom stereocenters. The molecule has 2 N–H and O–H groups in total. The van der Waals surface area contributed by atoms with Crippen molar-refractivity contribution in [2.75, 3.05) is 6.79 Å².